The Hall–Kier alpha value is -1.67. The number of hydrogen-bond acceptors (Lipinski definition) is 5. The van der Waals surface area contributed by atoms with Crippen molar-refractivity contribution in [3.63, 3.8) is 0 Å². The van der Waals surface area contributed by atoms with Gasteiger partial charge in [0, 0.05) is 19.5 Å². The van der Waals surface area contributed by atoms with Crippen molar-refractivity contribution in [2.45, 2.75) is 52.2 Å². The second-order valence-corrected chi connectivity index (χ2v) is 7.10. The van der Waals surface area contributed by atoms with Gasteiger partial charge in [0.15, 0.2) is 0 Å². The maximum Gasteiger partial charge on any atom is 0.305 e. The maximum absolute atomic E-state index is 12.6. The van der Waals surface area contributed by atoms with E-state index in [1.807, 2.05) is 20.8 Å². The third-order valence-corrected chi connectivity index (χ3v) is 3.83. The summed E-state index contributed by atoms with van der Waals surface area (Å²) in [5, 5.41) is 20.8. The molecule has 0 aromatic carbocycles. The molecule has 1 heterocycles. The normalized spacial score (nSPS) is 19.2. The first-order valence-corrected chi connectivity index (χ1v) is 8.17. The molecule has 1 fully saturated rings. The molecular formula is C16H28N2O6. The molecule has 1 saturated heterocycles. The highest BCUT2D eigenvalue weighted by molar-refractivity contribution is 5.88. The van der Waals surface area contributed by atoms with Gasteiger partial charge in [0.2, 0.25) is 11.8 Å². The van der Waals surface area contributed by atoms with Gasteiger partial charge in [0.05, 0.1) is 25.7 Å². The summed E-state index contributed by atoms with van der Waals surface area (Å²) in [5.41, 5.74) is -0.468. The van der Waals surface area contributed by atoms with E-state index in [1.54, 1.807) is 4.90 Å². The van der Waals surface area contributed by atoms with Crippen molar-refractivity contribution in [3.05, 3.63) is 0 Å². The molecular weight excluding hydrogens is 316 g/mol. The second kappa shape index (κ2) is 8.98. The van der Waals surface area contributed by atoms with Crippen LogP contribution in [0.15, 0.2) is 0 Å². The number of carboxylic acid groups (broad SMARTS) is 1. The Morgan fingerprint density at radius 1 is 1.25 bits per heavy atom. The van der Waals surface area contributed by atoms with Gasteiger partial charge >= 0.3 is 5.97 Å². The van der Waals surface area contributed by atoms with Crippen molar-refractivity contribution in [2.75, 3.05) is 26.3 Å². The van der Waals surface area contributed by atoms with Crippen LogP contribution < -0.4 is 5.32 Å². The molecule has 8 heteroatoms. The molecule has 2 amide bonds. The third kappa shape index (κ3) is 6.84. The van der Waals surface area contributed by atoms with Gasteiger partial charge in [0.25, 0.3) is 0 Å². The molecule has 1 aliphatic heterocycles. The summed E-state index contributed by atoms with van der Waals surface area (Å²) in [7, 11) is 0. The molecule has 138 valence electrons. The number of nitrogens with one attached hydrogen (secondary N) is 1. The zero-order valence-corrected chi connectivity index (χ0v) is 14.6. The lowest BCUT2D eigenvalue weighted by Gasteiger charge is -2.33. The van der Waals surface area contributed by atoms with E-state index in [9.17, 15) is 19.5 Å². The lowest BCUT2D eigenvalue weighted by Crippen LogP contribution is -2.54. The average molecular weight is 344 g/mol. The number of aliphatic hydroxyl groups is 1. The highest BCUT2D eigenvalue weighted by Crippen LogP contribution is 2.23. The first kappa shape index (κ1) is 20.4. The number of carbonyl (C=O) groups is 3. The van der Waals surface area contributed by atoms with E-state index in [1.165, 1.54) is 0 Å². The lowest BCUT2D eigenvalue weighted by molar-refractivity contribution is -0.140. The zero-order chi connectivity index (χ0) is 18.3. The minimum absolute atomic E-state index is 0.0515. The molecule has 0 aliphatic carbocycles. The Morgan fingerprint density at radius 2 is 1.88 bits per heavy atom. The highest BCUT2D eigenvalue weighted by atomic mass is 16.5. The molecule has 1 rings (SSSR count). The van der Waals surface area contributed by atoms with Gasteiger partial charge < -0.3 is 25.2 Å². The number of nitrogens with zero attached hydrogens (tertiary/aromatic N) is 1. The largest absolute Gasteiger partial charge is 0.481 e. The van der Waals surface area contributed by atoms with Gasteiger partial charge in [-0.2, -0.15) is 0 Å². The van der Waals surface area contributed by atoms with Gasteiger partial charge in [-0.3, -0.25) is 14.4 Å². The van der Waals surface area contributed by atoms with Gasteiger partial charge in [-0.25, -0.2) is 0 Å². The summed E-state index contributed by atoms with van der Waals surface area (Å²) in [4.78, 5) is 36.6. The molecule has 24 heavy (non-hydrogen) atoms. The minimum atomic E-state index is -0.953. The minimum Gasteiger partial charge on any atom is -0.481 e. The van der Waals surface area contributed by atoms with Gasteiger partial charge in [-0.05, 0) is 11.8 Å². The third-order valence-electron chi connectivity index (χ3n) is 3.83. The van der Waals surface area contributed by atoms with Crippen LogP contribution >= 0.6 is 0 Å². The number of β-amino-alcohol motifs (C(OH)–C–C–N with tert-alkyl or cyclic N) is 1. The summed E-state index contributed by atoms with van der Waals surface area (Å²) in [6.07, 6.45) is -0.00848. The summed E-state index contributed by atoms with van der Waals surface area (Å²) in [6, 6.07) is -0.686. The van der Waals surface area contributed by atoms with Crippen molar-refractivity contribution in [1.82, 2.24) is 10.2 Å². The molecule has 0 saturated carbocycles. The van der Waals surface area contributed by atoms with Crippen LogP contribution in [0.2, 0.25) is 0 Å². The Kier molecular flexibility index (Phi) is 7.62. The quantitative estimate of drug-likeness (QED) is 0.533. The van der Waals surface area contributed by atoms with E-state index in [2.05, 4.69) is 5.32 Å². The van der Waals surface area contributed by atoms with Gasteiger partial charge in [-0.1, -0.05) is 20.8 Å². The molecule has 0 radical (unpaired) electrons. The van der Waals surface area contributed by atoms with Crippen molar-refractivity contribution in [1.29, 1.82) is 0 Å². The summed E-state index contributed by atoms with van der Waals surface area (Å²) in [6.45, 7) is 6.53. The predicted octanol–water partition coefficient (Wildman–Crippen LogP) is -0.00810. The predicted molar refractivity (Wildman–Crippen MR) is 86.3 cm³/mol. The first-order valence-electron chi connectivity index (χ1n) is 8.17. The molecule has 0 spiro atoms. The van der Waals surface area contributed by atoms with E-state index in [0.29, 0.717) is 19.5 Å². The van der Waals surface area contributed by atoms with E-state index < -0.39 is 23.5 Å². The van der Waals surface area contributed by atoms with Crippen LogP contribution in [0.1, 0.15) is 40.0 Å². The van der Waals surface area contributed by atoms with Crippen LogP contribution in [0.3, 0.4) is 0 Å². The first-order chi connectivity index (χ1) is 11.1. The Bertz CT molecular complexity index is 460. The number of rotatable bonds is 8. The molecule has 0 aromatic heterocycles. The average Bonchev–Trinajstić information content (AvgIpc) is 2.89. The van der Waals surface area contributed by atoms with Gasteiger partial charge in [-0.15, -0.1) is 0 Å². The Labute approximate surface area is 142 Å². The lowest BCUT2D eigenvalue weighted by atomic mass is 9.85. The number of carboxylic acids is 1. The Morgan fingerprint density at radius 3 is 2.38 bits per heavy atom. The topological polar surface area (TPSA) is 116 Å². The Balaban J connectivity index is 2.49. The van der Waals surface area contributed by atoms with Crippen LogP contribution in [0.5, 0.6) is 0 Å². The number of likely N-dealkylation sites (tertiary alicyclic amines) is 1. The number of amides is 2. The van der Waals surface area contributed by atoms with Crippen molar-refractivity contribution in [3.8, 4) is 0 Å². The van der Waals surface area contributed by atoms with E-state index >= 15 is 0 Å². The fourth-order valence-electron chi connectivity index (χ4n) is 2.43. The summed E-state index contributed by atoms with van der Waals surface area (Å²) >= 11 is 0. The van der Waals surface area contributed by atoms with Crippen molar-refractivity contribution < 1.29 is 29.3 Å². The van der Waals surface area contributed by atoms with E-state index in [4.69, 9.17) is 9.84 Å². The SMILES string of the molecule is CC(C)(C)[C@@H](NC(=O)CCOCCC(=O)O)C(=O)N1CC[C@@H](O)C1. The van der Waals surface area contributed by atoms with Crippen LogP contribution in [0.4, 0.5) is 0 Å². The molecule has 0 aromatic rings. The maximum atomic E-state index is 12.6. The van der Waals surface area contributed by atoms with Crippen LogP contribution in [-0.4, -0.2) is 71.3 Å². The summed E-state index contributed by atoms with van der Waals surface area (Å²) in [5.74, 6) is -1.47. The van der Waals surface area contributed by atoms with Crippen LogP contribution in [-0.2, 0) is 19.1 Å². The fraction of sp³-hybridized carbons (Fsp3) is 0.812. The number of aliphatic carboxylic acids is 1. The molecule has 0 bridgehead atoms. The van der Waals surface area contributed by atoms with E-state index in [0.717, 1.165) is 0 Å². The van der Waals surface area contributed by atoms with Crippen molar-refractivity contribution >= 4 is 17.8 Å². The number of hydrogen-bond donors (Lipinski definition) is 3. The zero-order valence-electron chi connectivity index (χ0n) is 14.6. The number of ether oxygens (including phenoxy) is 1. The molecule has 0 unspecified atom stereocenters. The monoisotopic (exact) mass is 344 g/mol. The molecule has 8 nitrogen and oxygen atoms in total. The molecule has 2 atom stereocenters. The summed E-state index contributed by atoms with van der Waals surface area (Å²) < 4.78 is 5.09. The van der Waals surface area contributed by atoms with Crippen LogP contribution in [0, 0.1) is 5.41 Å². The smallest absolute Gasteiger partial charge is 0.305 e. The van der Waals surface area contributed by atoms with Crippen LogP contribution in [0.25, 0.3) is 0 Å². The highest BCUT2D eigenvalue weighted by Gasteiger charge is 2.37. The number of carbonyl (C=O) groups excluding carboxylic acids is 2. The van der Waals surface area contributed by atoms with E-state index in [-0.39, 0.29) is 37.9 Å². The van der Waals surface area contributed by atoms with Gasteiger partial charge in [0.1, 0.15) is 6.04 Å². The van der Waals surface area contributed by atoms with Crippen molar-refractivity contribution in [2.24, 2.45) is 5.41 Å². The molecule has 1 aliphatic rings. The molecule has 3 N–H and O–H groups in total. The standard InChI is InChI=1S/C16H28N2O6/c1-16(2,3)14(15(23)18-7-4-11(19)10-18)17-12(20)5-8-24-9-6-13(21)22/h11,14,19H,4-10H2,1-3H3,(H,17,20)(H,21,22)/t11-,14+/m1/s1. The fourth-order valence-corrected chi connectivity index (χ4v) is 2.43. The number of aliphatic hydroxyl groups excluding tert-OH is 1. The second-order valence-electron chi connectivity index (χ2n) is 7.10.